The van der Waals surface area contributed by atoms with Crippen LogP contribution >= 0.6 is 11.3 Å². The summed E-state index contributed by atoms with van der Waals surface area (Å²) in [6, 6.07) is 23.2. The lowest BCUT2D eigenvalue weighted by Gasteiger charge is -2.35. The Hall–Kier alpha value is -3.78. The molecule has 4 aromatic rings. The highest BCUT2D eigenvalue weighted by atomic mass is 32.1. The van der Waals surface area contributed by atoms with Gasteiger partial charge >= 0.3 is 0 Å². The molecule has 0 spiro atoms. The average molecular weight is 486 g/mol. The van der Waals surface area contributed by atoms with E-state index in [1.165, 1.54) is 27.8 Å². The second-order valence-corrected chi connectivity index (χ2v) is 9.77. The smallest absolute Gasteiger partial charge is 0.282 e. The third-order valence-corrected chi connectivity index (χ3v) is 7.16. The van der Waals surface area contributed by atoms with Gasteiger partial charge in [0.15, 0.2) is 5.01 Å². The van der Waals surface area contributed by atoms with E-state index in [4.69, 9.17) is 4.98 Å². The highest BCUT2D eigenvalue weighted by Gasteiger charge is 2.27. The minimum Gasteiger partial charge on any atom is -0.368 e. The topological polar surface area (TPSA) is 71.3 Å². The first-order valence-corrected chi connectivity index (χ1v) is 12.6. The summed E-state index contributed by atoms with van der Waals surface area (Å²) in [6.45, 7) is 6.68. The standard InChI is InChI=1S/C27H27N5O2S/c1-19(2)32-23(33)14-13-22(29-32)25-24(20-9-5-3-6-10-20)28-26(35-25)27(34)31-17-15-30(16-18-31)21-11-7-4-8-12-21/h3-14,19H,15-18H2,1-2H3. The number of carbonyl (C=O) groups excluding carboxylic acids is 1. The van der Waals surface area contributed by atoms with Crippen LogP contribution < -0.4 is 10.5 Å². The Morgan fingerprint density at radius 3 is 2.20 bits per heavy atom. The fourth-order valence-electron chi connectivity index (χ4n) is 4.24. The molecule has 2 aromatic carbocycles. The first kappa shape index (κ1) is 23.0. The first-order chi connectivity index (χ1) is 17.0. The Kier molecular flexibility index (Phi) is 6.46. The van der Waals surface area contributed by atoms with Crippen molar-refractivity contribution in [2.24, 2.45) is 0 Å². The molecule has 2 aromatic heterocycles. The van der Waals surface area contributed by atoms with Crippen LogP contribution in [0.3, 0.4) is 0 Å². The summed E-state index contributed by atoms with van der Waals surface area (Å²) in [7, 11) is 0. The summed E-state index contributed by atoms with van der Waals surface area (Å²) in [5.74, 6) is -0.0664. The van der Waals surface area contributed by atoms with Gasteiger partial charge in [-0.3, -0.25) is 9.59 Å². The fourth-order valence-corrected chi connectivity index (χ4v) is 5.26. The van der Waals surface area contributed by atoms with E-state index in [-0.39, 0.29) is 17.5 Å². The van der Waals surface area contributed by atoms with Crippen molar-refractivity contribution in [3.8, 4) is 21.8 Å². The van der Waals surface area contributed by atoms with Gasteiger partial charge in [0.1, 0.15) is 5.69 Å². The fraction of sp³-hybridized carbons (Fsp3) is 0.259. The van der Waals surface area contributed by atoms with Gasteiger partial charge in [-0.25, -0.2) is 9.67 Å². The first-order valence-electron chi connectivity index (χ1n) is 11.8. The van der Waals surface area contributed by atoms with Crippen LogP contribution in [0.5, 0.6) is 0 Å². The van der Waals surface area contributed by atoms with E-state index >= 15 is 0 Å². The molecule has 3 heterocycles. The zero-order valence-corrected chi connectivity index (χ0v) is 20.6. The number of para-hydroxylation sites is 1. The van der Waals surface area contributed by atoms with Crippen molar-refractivity contribution in [1.82, 2.24) is 19.7 Å². The molecule has 7 nitrogen and oxygen atoms in total. The van der Waals surface area contributed by atoms with Crippen LogP contribution in [0.1, 0.15) is 29.7 Å². The summed E-state index contributed by atoms with van der Waals surface area (Å²) < 4.78 is 1.47. The molecule has 0 saturated carbocycles. The molecular formula is C27H27N5O2S. The zero-order chi connectivity index (χ0) is 24.4. The molecule has 0 radical (unpaired) electrons. The number of carbonyl (C=O) groups is 1. The maximum absolute atomic E-state index is 13.5. The van der Waals surface area contributed by atoms with Crippen molar-refractivity contribution in [2.75, 3.05) is 31.1 Å². The second-order valence-electron chi connectivity index (χ2n) is 8.77. The third-order valence-electron chi connectivity index (χ3n) is 6.09. The van der Waals surface area contributed by atoms with Crippen LogP contribution in [-0.4, -0.2) is 51.8 Å². The summed E-state index contributed by atoms with van der Waals surface area (Å²) >= 11 is 1.34. The van der Waals surface area contributed by atoms with Crippen LogP contribution in [-0.2, 0) is 0 Å². The van der Waals surface area contributed by atoms with Gasteiger partial charge in [0.2, 0.25) is 0 Å². The second kappa shape index (κ2) is 9.84. The molecule has 8 heteroatoms. The van der Waals surface area contributed by atoms with Crippen molar-refractivity contribution in [3.05, 3.63) is 88.2 Å². The number of piperazine rings is 1. The predicted molar refractivity (Wildman–Crippen MR) is 140 cm³/mol. The molecule has 1 aliphatic heterocycles. The molecule has 1 fully saturated rings. The van der Waals surface area contributed by atoms with Crippen molar-refractivity contribution < 1.29 is 4.79 Å². The highest BCUT2D eigenvalue weighted by molar-refractivity contribution is 7.17. The van der Waals surface area contributed by atoms with Gasteiger partial charge in [-0.2, -0.15) is 5.10 Å². The lowest BCUT2D eigenvalue weighted by Crippen LogP contribution is -2.48. The van der Waals surface area contributed by atoms with Crippen molar-refractivity contribution in [2.45, 2.75) is 19.9 Å². The number of anilines is 1. The van der Waals surface area contributed by atoms with Crippen molar-refractivity contribution in [1.29, 1.82) is 0 Å². The largest absolute Gasteiger partial charge is 0.368 e. The van der Waals surface area contributed by atoms with E-state index in [1.54, 1.807) is 6.07 Å². The molecule has 178 valence electrons. The van der Waals surface area contributed by atoms with E-state index in [0.29, 0.717) is 29.5 Å². The number of thiazole rings is 1. The molecule has 0 N–H and O–H groups in total. The van der Waals surface area contributed by atoms with Crippen LogP contribution in [0.4, 0.5) is 5.69 Å². The number of hydrogen-bond donors (Lipinski definition) is 0. The maximum Gasteiger partial charge on any atom is 0.282 e. The summed E-state index contributed by atoms with van der Waals surface area (Å²) in [6.07, 6.45) is 0. The Balaban J connectivity index is 1.46. The molecule has 0 aliphatic carbocycles. The van der Waals surface area contributed by atoms with Crippen LogP contribution in [0.25, 0.3) is 21.8 Å². The SMILES string of the molecule is CC(C)n1nc(-c2sc(C(=O)N3CCN(c4ccccc4)CC3)nc2-c2ccccc2)ccc1=O. The summed E-state index contributed by atoms with van der Waals surface area (Å²) in [5, 5.41) is 5.04. The van der Waals surface area contributed by atoms with E-state index < -0.39 is 0 Å². The highest BCUT2D eigenvalue weighted by Crippen LogP contribution is 2.36. The Labute approximate surface area is 208 Å². The van der Waals surface area contributed by atoms with Gasteiger partial charge in [-0.15, -0.1) is 11.3 Å². The number of amides is 1. The van der Waals surface area contributed by atoms with Crippen molar-refractivity contribution >= 4 is 22.9 Å². The van der Waals surface area contributed by atoms with Crippen LogP contribution in [0, 0.1) is 0 Å². The lowest BCUT2D eigenvalue weighted by atomic mass is 10.1. The Morgan fingerprint density at radius 2 is 1.54 bits per heavy atom. The van der Waals surface area contributed by atoms with E-state index in [0.717, 1.165) is 23.5 Å². The molecule has 1 amide bonds. The van der Waals surface area contributed by atoms with Gasteiger partial charge in [-0.1, -0.05) is 48.5 Å². The van der Waals surface area contributed by atoms with Gasteiger partial charge in [-0.05, 0) is 32.0 Å². The molecule has 1 saturated heterocycles. The van der Waals surface area contributed by atoms with E-state index in [2.05, 4.69) is 22.1 Å². The Morgan fingerprint density at radius 1 is 0.886 bits per heavy atom. The zero-order valence-electron chi connectivity index (χ0n) is 19.8. The molecule has 0 atom stereocenters. The maximum atomic E-state index is 13.5. The van der Waals surface area contributed by atoms with Gasteiger partial charge in [0, 0.05) is 43.5 Å². The summed E-state index contributed by atoms with van der Waals surface area (Å²) in [5.41, 5.74) is 3.29. The molecule has 0 unspecified atom stereocenters. The van der Waals surface area contributed by atoms with E-state index in [9.17, 15) is 9.59 Å². The van der Waals surface area contributed by atoms with Crippen molar-refractivity contribution in [3.63, 3.8) is 0 Å². The molecule has 5 rings (SSSR count). The van der Waals surface area contributed by atoms with Crippen LogP contribution in [0.2, 0.25) is 0 Å². The van der Waals surface area contributed by atoms with Gasteiger partial charge in [0.25, 0.3) is 11.5 Å². The molecule has 0 bridgehead atoms. The lowest BCUT2D eigenvalue weighted by molar-refractivity contribution is 0.0746. The predicted octanol–water partition coefficient (Wildman–Crippen LogP) is 4.58. The van der Waals surface area contributed by atoms with Crippen LogP contribution in [0.15, 0.2) is 77.6 Å². The summed E-state index contributed by atoms with van der Waals surface area (Å²) in [4.78, 5) is 35.5. The number of rotatable bonds is 5. The minimum atomic E-state index is -0.151. The average Bonchev–Trinajstić information content (AvgIpc) is 3.35. The van der Waals surface area contributed by atoms with Gasteiger partial charge in [0.05, 0.1) is 16.6 Å². The normalized spacial score (nSPS) is 13.9. The van der Waals surface area contributed by atoms with E-state index in [1.807, 2.05) is 67.3 Å². The van der Waals surface area contributed by atoms with Gasteiger partial charge < -0.3 is 9.80 Å². The molecular weight excluding hydrogens is 458 g/mol. The monoisotopic (exact) mass is 485 g/mol. The molecule has 1 aliphatic rings. The minimum absolute atomic E-state index is 0.0664. The molecule has 35 heavy (non-hydrogen) atoms. The number of nitrogens with zero attached hydrogens (tertiary/aromatic N) is 5. The third kappa shape index (κ3) is 4.74. The quantitative estimate of drug-likeness (QED) is 0.414. The number of benzene rings is 2. The Bertz CT molecular complexity index is 1370. The number of aromatic nitrogens is 3. The number of hydrogen-bond acceptors (Lipinski definition) is 6.